The number of hydrogen-bond acceptors (Lipinski definition) is 3. The van der Waals surface area contributed by atoms with Gasteiger partial charge in [-0.15, -0.1) is 0 Å². The van der Waals surface area contributed by atoms with Gasteiger partial charge in [-0.3, -0.25) is 0 Å². The van der Waals surface area contributed by atoms with E-state index in [1.807, 2.05) is 12.1 Å². The lowest BCUT2D eigenvalue weighted by Crippen LogP contribution is -2.31. The molecule has 3 nitrogen and oxygen atoms in total. The first-order valence-electron chi connectivity index (χ1n) is 6.20. The molecule has 0 radical (unpaired) electrons. The maximum atomic E-state index is 5.44. The topological polar surface area (TPSA) is 30.5 Å². The summed E-state index contributed by atoms with van der Waals surface area (Å²) in [5.41, 5.74) is 1.21. The summed E-state index contributed by atoms with van der Waals surface area (Å²) in [7, 11) is 3.42. The predicted octanol–water partition coefficient (Wildman–Crippen LogP) is 2.76. The van der Waals surface area contributed by atoms with Crippen LogP contribution in [-0.4, -0.2) is 20.8 Å². The Morgan fingerprint density at radius 2 is 2.06 bits per heavy atom. The van der Waals surface area contributed by atoms with Gasteiger partial charge in [0.15, 0.2) is 0 Å². The lowest BCUT2D eigenvalue weighted by Gasteiger charge is -2.29. The second kappa shape index (κ2) is 5.41. The quantitative estimate of drug-likeness (QED) is 0.874. The van der Waals surface area contributed by atoms with Crippen LogP contribution in [0, 0.1) is 5.92 Å². The van der Waals surface area contributed by atoms with Crippen LogP contribution in [0.3, 0.4) is 0 Å². The highest BCUT2D eigenvalue weighted by Gasteiger charge is 2.22. The summed E-state index contributed by atoms with van der Waals surface area (Å²) in [5, 5.41) is 3.56. The molecule has 1 N–H and O–H groups in total. The molecule has 1 aliphatic rings. The molecule has 1 aliphatic heterocycles. The van der Waals surface area contributed by atoms with Crippen molar-refractivity contribution in [1.82, 2.24) is 5.32 Å². The highest BCUT2D eigenvalue weighted by atomic mass is 16.5. The van der Waals surface area contributed by atoms with Crippen LogP contribution >= 0.6 is 0 Å². The number of piperidine rings is 1. The molecule has 1 heterocycles. The van der Waals surface area contributed by atoms with Gasteiger partial charge < -0.3 is 14.8 Å². The summed E-state index contributed by atoms with van der Waals surface area (Å²) in [4.78, 5) is 0. The highest BCUT2D eigenvalue weighted by Crippen LogP contribution is 2.34. The van der Waals surface area contributed by atoms with Gasteiger partial charge in [-0.1, -0.05) is 6.92 Å². The number of nitrogens with one attached hydrogen (secondary N) is 1. The van der Waals surface area contributed by atoms with Gasteiger partial charge in [0.1, 0.15) is 11.5 Å². The second-order valence-corrected chi connectivity index (χ2v) is 4.74. The first-order valence-corrected chi connectivity index (χ1v) is 6.20. The third kappa shape index (κ3) is 2.72. The zero-order chi connectivity index (χ0) is 12.3. The molecule has 2 unspecified atom stereocenters. The van der Waals surface area contributed by atoms with E-state index < -0.39 is 0 Å². The molecular formula is C14H21NO2. The number of methoxy groups -OCH3 is 2. The summed E-state index contributed by atoms with van der Waals surface area (Å²) in [6, 6.07) is 6.38. The lowest BCUT2D eigenvalue weighted by atomic mass is 9.89. The maximum Gasteiger partial charge on any atom is 0.123 e. The zero-order valence-corrected chi connectivity index (χ0v) is 10.8. The van der Waals surface area contributed by atoms with E-state index in [4.69, 9.17) is 9.47 Å². The molecule has 3 heteroatoms. The Labute approximate surface area is 103 Å². The molecule has 1 saturated heterocycles. The van der Waals surface area contributed by atoms with Crippen LogP contribution in [0.4, 0.5) is 0 Å². The molecule has 1 aromatic carbocycles. The molecule has 0 amide bonds. The summed E-state index contributed by atoms with van der Waals surface area (Å²) in [5.74, 6) is 2.59. The van der Waals surface area contributed by atoms with Crippen molar-refractivity contribution in [2.24, 2.45) is 5.92 Å². The van der Waals surface area contributed by atoms with E-state index in [0.29, 0.717) is 6.04 Å². The van der Waals surface area contributed by atoms with E-state index in [9.17, 15) is 0 Å². The zero-order valence-electron chi connectivity index (χ0n) is 10.8. The minimum Gasteiger partial charge on any atom is -0.497 e. The van der Waals surface area contributed by atoms with Gasteiger partial charge in [-0.2, -0.15) is 0 Å². The van der Waals surface area contributed by atoms with Gasteiger partial charge in [0.25, 0.3) is 0 Å². The third-order valence-electron chi connectivity index (χ3n) is 3.48. The number of rotatable bonds is 3. The molecule has 0 bridgehead atoms. The summed E-state index contributed by atoms with van der Waals surface area (Å²) < 4.78 is 10.7. The Kier molecular flexibility index (Phi) is 3.89. The molecule has 2 atom stereocenters. The van der Waals surface area contributed by atoms with Gasteiger partial charge >= 0.3 is 0 Å². The first-order chi connectivity index (χ1) is 8.24. The first kappa shape index (κ1) is 12.2. The van der Waals surface area contributed by atoms with Gasteiger partial charge in [-0.05, 0) is 43.5 Å². The van der Waals surface area contributed by atoms with Crippen molar-refractivity contribution in [3.05, 3.63) is 23.8 Å². The van der Waals surface area contributed by atoms with Crippen LogP contribution in [0.15, 0.2) is 18.2 Å². The third-order valence-corrected chi connectivity index (χ3v) is 3.48. The summed E-state index contributed by atoms with van der Waals surface area (Å²) in [6.45, 7) is 3.38. The van der Waals surface area contributed by atoms with Gasteiger partial charge in [-0.25, -0.2) is 0 Å². The highest BCUT2D eigenvalue weighted by molar-refractivity contribution is 5.42. The van der Waals surface area contributed by atoms with Crippen molar-refractivity contribution in [2.75, 3.05) is 20.8 Å². The second-order valence-electron chi connectivity index (χ2n) is 4.74. The van der Waals surface area contributed by atoms with Crippen LogP contribution in [0.25, 0.3) is 0 Å². The van der Waals surface area contributed by atoms with E-state index in [-0.39, 0.29) is 0 Å². The normalized spacial score (nSPS) is 24.4. The average molecular weight is 235 g/mol. The molecule has 17 heavy (non-hydrogen) atoms. The number of hydrogen-bond donors (Lipinski definition) is 1. The van der Waals surface area contributed by atoms with Crippen LogP contribution < -0.4 is 14.8 Å². The van der Waals surface area contributed by atoms with Crippen molar-refractivity contribution in [1.29, 1.82) is 0 Å². The number of benzene rings is 1. The fourth-order valence-corrected chi connectivity index (χ4v) is 2.46. The van der Waals surface area contributed by atoms with E-state index >= 15 is 0 Å². The van der Waals surface area contributed by atoms with Crippen molar-refractivity contribution in [3.63, 3.8) is 0 Å². The molecule has 0 aliphatic carbocycles. The Balaban J connectivity index is 2.27. The van der Waals surface area contributed by atoms with Crippen molar-refractivity contribution >= 4 is 0 Å². The number of ether oxygens (including phenoxy) is 2. The van der Waals surface area contributed by atoms with Crippen LogP contribution in [0.2, 0.25) is 0 Å². The monoisotopic (exact) mass is 235 g/mol. The molecule has 1 fully saturated rings. The molecule has 0 aromatic heterocycles. The van der Waals surface area contributed by atoms with Crippen LogP contribution in [-0.2, 0) is 0 Å². The van der Waals surface area contributed by atoms with Crippen LogP contribution in [0.1, 0.15) is 31.4 Å². The Morgan fingerprint density at radius 3 is 2.71 bits per heavy atom. The van der Waals surface area contributed by atoms with Gasteiger partial charge in [0.05, 0.1) is 14.2 Å². The SMILES string of the molecule is COc1ccc(OC)c(C2CC(C)CCN2)c1. The maximum absolute atomic E-state index is 5.44. The predicted molar refractivity (Wildman–Crippen MR) is 68.7 cm³/mol. The van der Waals surface area contributed by atoms with Gasteiger partial charge in [0, 0.05) is 11.6 Å². The van der Waals surface area contributed by atoms with E-state index in [1.165, 1.54) is 12.0 Å². The molecule has 0 spiro atoms. The summed E-state index contributed by atoms with van der Waals surface area (Å²) in [6.07, 6.45) is 2.41. The standard InChI is InChI=1S/C14H21NO2/c1-10-6-7-15-13(8-10)12-9-11(16-2)4-5-14(12)17-3/h4-5,9-10,13,15H,6-8H2,1-3H3. The molecule has 2 rings (SSSR count). The van der Waals surface area contributed by atoms with E-state index in [0.717, 1.165) is 30.4 Å². The molecule has 1 aromatic rings. The Morgan fingerprint density at radius 1 is 1.24 bits per heavy atom. The lowest BCUT2D eigenvalue weighted by molar-refractivity contribution is 0.313. The molecule has 0 saturated carbocycles. The Hall–Kier alpha value is -1.22. The van der Waals surface area contributed by atoms with E-state index in [2.05, 4.69) is 18.3 Å². The van der Waals surface area contributed by atoms with Gasteiger partial charge in [0.2, 0.25) is 0 Å². The fraction of sp³-hybridized carbons (Fsp3) is 0.571. The summed E-state index contributed by atoms with van der Waals surface area (Å²) >= 11 is 0. The largest absolute Gasteiger partial charge is 0.497 e. The van der Waals surface area contributed by atoms with Crippen molar-refractivity contribution in [3.8, 4) is 11.5 Å². The van der Waals surface area contributed by atoms with Crippen LogP contribution in [0.5, 0.6) is 11.5 Å². The molecule has 94 valence electrons. The van der Waals surface area contributed by atoms with E-state index in [1.54, 1.807) is 14.2 Å². The minimum absolute atomic E-state index is 0.379. The van der Waals surface area contributed by atoms with Crippen molar-refractivity contribution in [2.45, 2.75) is 25.8 Å². The minimum atomic E-state index is 0.379. The molecular weight excluding hydrogens is 214 g/mol. The van der Waals surface area contributed by atoms with Crippen molar-refractivity contribution < 1.29 is 9.47 Å². The fourth-order valence-electron chi connectivity index (χ4n) is 2.46. The average Bonchev–Trinajstić information content (AvgIpc) is 2.38. The smallest absolute Gasteiger partial charge is 0.123 e. The Bertz CT molecular complexity index is 378.